The third-order valence-electron chi connectivity index (χ3n) is 3.39. The van der Waals surface area contributed by atoms with Crippen LogP contribution >= 0.6 is 11.3 Å². The second kappa shape index (κ2) is 4.18. The van der Waals surface area contributed by atoms with Crippen molar-refractivity contribution in [2.45, 2.75) is 0 Å². The summed E-state index contributed by atoms with van der Waals surface area (Å²) in [5.41, 5.74) is 3.65. The molecule has 19 heavy (non-hydrogen) atoms. The Morgan fingerprint density at radius 3 is 2.68 bits per heavy atom. The Bertz CT molecular complexity index is 862. The van der Waals surface area contributed by atoms with Crippen LogP contribution in [0, 0.1) is 0 Å². The average Bonchev–Trinajstić information content (AvgIpc) is 2.97. The molecule has 0 saturated carbocycles. The van der Waals surface area contributed by atoms with E-state index in [-0.39, 0.29) is 0 Å². The quantitative estimate of drug-likeness (QED) is 0.463. The van der Waals surface area contributed by atoms with Crippen LogP contribution in [0.2, 0.25) is 0 Å². The molecule has 4 rings (SSSR count). The van der Waals surface area contributed by atoms with Crippen molar-refractivity contribution < 1.29 is 0 Å². The number of thiophene rings is 1. The largest absolute Gasteiger partial charge is 0.255 e. The van der Waals surface area contributed by atoms with Gasteiger partial charge in [-0.05, 0) is 34.7 Å². The summed E-state index contributed by atoms with van der Waals surface area (Å²) in [5.74, 6) is 0. The van der Waals surface area contributed by atoms with Crippen LogP contribution in [-0.2, 0) is 0 Å². The molecule has 0 radical (unpaired) electrons. The van der Waals surface area contributed by atoms with Gasteiger partial charge in [0, 0.05) is 17.0 Å². The van der Waals surface area contributed by atoms with Crippen molar-refractivity contribution >= 4 is 32.3 Å². The van der Waals surface area contributed by atoms with E-state index in [1.165, 1.54) is 26.6 Å². The zero-order valence-electron chi connectivity index (χ0n) is 10.2. The van der Waals surface area contributed by atoms with Gasteiger partial charge in [0.1, 0.15) is 0 Å². The van der Waals surface area contributed by atoms with Gasteiger partial charge in [-0.3, -0.25) is 4.98 Å². The molecule has 90 valence electrons. The molecular weight excluding hydrogens is 250 g/mol. The molecule has 0 N–H and O–H groups in total. The maximum atomic E-state index is 4.53. The molecule has 0 spiro atoms. The minimum atomic E-state index is 1.10. The monoisotopic (exact) mass is 261 g/mol. The molecule has 0 aliphatic carbocycles. The molecule has 2 aromatic heterocycles. The smallest absolute Gasteiger partial charge is 0.0880 e. The molecule has 0 aliphatic rings. The Balaban J connectivity index is 2.17. The fourth-order valence-corrected chi connectivity index (χ4v) is 3.45. The van der Waals surface area contributed by atoms with E-state index in [9.17, 15) is 0 Å². The lowest BCUT2D eigenvalue weighted by molar-refractivity contribution is 1.43. The third kappa shape index (κ3) is 1.65. The van der Waals surface area contributed by atoms with Gasteiger partial charge in [-0.1, -0.05) is 36.4 Å². The molecule has 0 atom stereocenters. The number of rotatable bonds is 1. The number of benzene rings is 2. The van der Waals surface area contributed by atoms with E-state index in [0.29, 0.717) is 0 Å². The highest BCUT2D eigenvalue weighted by Gasteiger charge is 2.09. The second-order valence-electron chi connectivity index (χ2n) is 4.53. The van der Waals surface area contributed by atoms with Gasteiger partial charge in [0.05, 0.1) is 10.2 Å². The van der Waals surface area contributed by atoms with E-state index in [4.69, 9.17) is 0 Å². The predicted octanol–water partition coefficient (Wildman–Crippen LogP) is 5.12. The van der Waals surface area contributed by atoms with Gasteiger partial charge < -0.3 is 0 Å². The van der Waals surface area contributed by atoms with Gasteiger partial charge in [-0.15, -0.1) is 11.3 Å². The summed E-state index contributed by atoms with van der Waals surface area (Å²) in [6, 6.07) is 19.1. The van der Waals surface area contributed by atoms with Crippen LogP contribution in [0.25, 0.3) is 32.1 Å². The Morgan fingerprint density at radius 1 is 0.895 bits per heavy atom. The first kappa shape index (κ1) is 10.7. The van der Waals surface area contributed by atoms with Crippen LogP contribution in [0.1, 0.15) is 0 Å². The number of pyridine rings is 1. The maximum absolute atomic E-state index is 4.53. The lowest BCUT2D eigenvalue weighted by Gasteiger charge is -2.06. The Kier molecular flexibility index (Phi) is 2.35. The highest BCUT2D eigenvalue weighted by molar-refractivity contribution is 7.18. The second-order valence-corrected chi connectivity index (χ2v) is 5.44. The number of nitrogens with zero attached hydrogens (tertiary/aromatic N) is 1. The van der Waals surface area contributed by atoms with Crippen molar-refractivity contribution in [1.82, 2.24) is 4.98 Å². The maximum Gasteiger partial charge on any atom is 0.0880 e. The molecule has 0 aliphatic heterocycles. The Labute approximate surface area is 115 Å². The third-order valence-corrected chi connectivity index (χ3v) is 4.32. The van der Waals surface area contributed by atoms with Crippen molar-refractivity contribution in [3.05, 3.63) is 66.2 Å². The molecule has 0 saturated heterocycles. The van der Waals surface area contributed by atoms with Crippen molar-refractivity contribution in [2.24, 2.45) is 0 Å². The lowest BCUT2D eigenvalue weighted by atomic mass is 9.99. The molecule has 1 nitrogen and oxygen atoms in total. The van der Waals surface area contributed by atoms with Gasteiger partial charge in [-0.25, -0.2) is 0 Å². The number of aromatic nitrogens is 1. The lowest BCUT2D eigenvalue weighted by Crippen LogP contribution is -1.83. The van der Waals surface area contributed by atoms with E-state index >= 15 is 0 Å². The average molecular weight is 261 g/mol. The number of fused-ring (bicyclic) bond motifs is 3. The Morgan fingerprint density at radius 2 is 1.79 bits per heavy atom. The molecule has 2 heteroatoms. The van der Waals surface area contributed by atoms with Crippen molar-refractivity contribution in [1.29, 1.82) is 0 Å². The standard InChI is InChI=1S/C17H11NS/c1-2-5-12(6-3-1)15-11-13-7-4-9-18-16(13)17-14(15)8-10-19-17/h1-11H. The zero-order valence-corrected chi connectivity index (χ0v) is 11.0. The normalized spacial score (nSPS) is 11.2. The summed E-state index contributed by atoms with van der Waals surface area (Å²) in [5, 5.41) is 4.64. The summed E-state index contributed by atoms with van der Waals surface area (Å²) in [6.07, 6.45) is 1.86. The molecule has 0 fully saturated rings. The highest BCUT2D eigenvalue weighted by Crippen LogP contribution is 2.36. The number of hydrogen-bond acceptors (Lipinski definition) is 2. The van der Waals surface area contributed by atoms with E-state index < -0.39 is 0 Å². The summed E-state index contributed by atoms with van der Waals surface area (Å²) in [4.78, 5) is 4.53. The fourth-order valence-electron chi connectivity index (χ4n) is 2.52. The van der Waals surface area contributed by atoms with Gasteiger partial charge in [0.2, 0.25) is 0 Å². The summed E-state index contributed by atoms with van der Waals surface area (Å²) < 4.78 is 1.27. The van der Waals surface area contributed by atoms with E-state index in [1.54, 1.807) is 11.3 Å². The number of hydrogen-bond donors (Lipinski definition) is 0. The van der Waals surface area contributed by atoms with Crippen LogP contribution < -0.4 is 0 Å². The minimum absolute atomic E-state index is 1.10. The van der Waals surface area contributed by atoms with Crippen LogP contribution in [0.5, 0.6) is 0 Å². The molecule has 0 amide bonds. The molecule has 0 unspecified atom stereocenters. The van der Waals surface area contributed by atoms with Crippen molar-refractivity contribution in [3.63, 3.8) is 0 Å². The predicted molar refractivity (Wildman–Crippen MR) is 82.6 cm³/mol. The minimum Gasteiger partial charge on any atom is -0.255 e. The topological polar surface area (TPSA) is 12.9 Å². The Hall–Kier alpha value is -2.19. The van der Waals surface area contributed by atoms with Gasteiger partial charge in [0.25, 0.3) is 0 Å². The summed E-state index contributed by atoms with van der Waals surface area (Å²) in [6.45, 7) is 0. The van der Waals surface area contributed by atoms with Crippen LogP contribution in [-0.4, -0.2) is 4.98 Å². The molecule has 2 aromatic carbocycles. The SMILES string of the molecule is c1ccc(-c2cc3cccnc3c3sccc23)cc1. The molecule has 2 heterocycles. The first-order chi connectivity index (χ1) is 9.43. The summed E-state index contributed by atoms with van der Waals surface area (Å²) in [7, 11) is 0. The van der Waals surface area contributed by atoms with E-state index in [0.717, 1.165) is 5.52 Å². The van der Waals surface area contributed by atoms with Crippen LogP contribution in [0.4, 0.5) is 0 Å². The first-order valence-corrected chi connectivity index (χ1v) is 7.12. The summed E-state index contributed by atoms with van der Waals surface area (Å²) >= 11 is 1.76. The van der Waals surface area contributed by atoms with Crippen LogP contribution in [0.15, 0.2) is 66.2 Å². The van der Waals surface area contributed by atoms with Gasteiger partial charge in [0.15, 0.2) is 0 Å². The highest BCUT2D eigenvalue weighted by atomic mass is 32.1. The zero-order chi connectivity index (χ0) is 12.7. The van der Waals surface area contributed by atoms with Crippen molar-refractivity contribution in [2.75, 3.05) is 0 Å². The molecular formula is C17H11NS. The van der Waals surface area contributed by atoms with E-state index in [2.05, 4.69) is 58.9 Å². The molecule has 0 bridgehead atoms. The van der Waals surface area contributed by atoms with Crippen LogP contribution in [0.3, 0.4) is 0 Å². The fraction of sp³-hybridized carbons (Fsp3) is 0. The van der Waals surface area contributed by atoms with E-state index in [1.807, 2.05) is 12.3 Å². The van der Waals surface area contributed by atoms with Gasteiger partial charge >= 0.3 is 0 Å². The van der Waals surface area contributed by atoms with Gasteiger partial charge in [-0.2, -0.15) is 0 Å². The van der Waals surface area contributed by atoms with Crippen molar-refractivity contribution in [3.8, 4) is 11.1 Å². The molecule has 4 aromatic rings. The first-order valence-electron chi connectivity index (χ1n) is 6.24.